The van der Waals surface area contributed by atoms with E-state index in [2.05, 4.69) is 5.10 Å². The standard InChI is InChI=1S/C24H25ClN4O3S/c1-2-23-22(18-26-29(23)21-10-6-9-20(25)17-21)24(30)27-12-14-28(15-13-27)33(31,32)16-11-19-7-4-3-5-8-19/h3-11,16-18H,2,12-15H2,1H3/b16-11+. The second-order valence-corrected chi connectivity index (χ2v) is 9.95. The molecule has 1 aliphatic rings. The molecule has 1 amide bonds. The van der Waals surface area contributed by atoms with Crippen LogP contribution in [0.4, 0.5) is 0 Å². The highest BCUT2D eigenvalue weighted by atomic mass is 35.5. The summed E-state index contributed by atoms with van der Waals surface area (Å²) in [5.41, 5.74) is 2.93. The number of piperazine rings is 1. The first-order valence-electron chi connectivity index (χ1n) is 10.7. The van der Waals surface area contributed by atoms with Gasteiger partial charge in [0.2, 0.25) is 10.0 Å². The SMILES string of the molecule is CCc1c(C(=O)N2CCN(S(=O)(=O)/C=C/c3ccccc3)CC2)cnn1-c1cccc(Cl)c1. The average Bonchev–Trinajstić information content (AvgIpc) is 3.27. The van der Waals surface area contributed by atoms with Crippen molar-refractivity contribution in [3.05, 3.63) is 88.0 Å². The van der Waals surface area contributed by atoms with Crippen LogP contribution in [0, 0.1) is 0 Å². The molecule has 0 unspecified atom stereocenters. The van der Waals surface area contributed by atoms with Gasteiger partial charge in [-0.3, -0.25) is 4.79 Å². The first-order chi connectivity index (χ1) is 15.9. The van der Waals surface area contributed by atoms with Crippen molar-refractivity contribution >= 4 is 33.6 Å². The molecule has 0 radical (unpaired) electrons. The van der Waals surface area contributed by atoms with Gasteiger partial charge in [-0.15, -0.1) is 0 Å². The smallest absolute Gasteiger partial charge is 0.257 e. The third-order valence-electron chi connectivity index (χ3n) is 5.60. The Bertz CT molecular complexity index is 1260. The van der Waals surface area contributed by atoms with Crippen molar-refractivity contribution in [2.75, 3.05) is 26.2 Å². The molecule has 0 bridgehead atoms. The van der Waals surface area contributed by atoms with Gasteiger partial charge in [0.05, 0.1) is 23.1 Å². The minimum absolute atomic E-state index is 0.142. The fourth-order valence-electron chi connectivity index (χ4n) is 3.85. The van der Waals surface area contributed by atoms with Gasteiger partial charge in [-0.2, -0.15) is 9.40 Å². The summed E-state index contributed by atoms with van der Waals surface area (Å²) in [4.78, 5) is 14.9. The minimum atomic E-state index is -3.56. The lowest BCUT2D eigenvalue weighted by Gasteiger charge is -2.33. The van der Waals surface area contributed by atoms with Gasteiger partial charge < -0.3 is 4.90 Å². The molecular formula is C24H25ClN4O3S. The number of carbonyl (C=O) groups excluding carboxylic acids is 1. The van der Waals surface area contributed by atoms with E-state index in [0.29, 0.717) is 30.1 Å². The highest BCUT2D eigenvalue weighted by molar-refractivity contribution is 7.92. The number of carbonyl (C=O) groups is 1. The summed E-state index contributed by atoms with van der Waals surface area (Å²) in [5.74, 6) is -0.142. The molecule has 9 heteroatoms. The van der Waals surface area contributed by atoms with Crippen LogP contribution in [0.2, 0.25) is 5.02 Å². The molecule has 0 spiro atoms. The number of sulfonamides is 1. The Morgan fingerprint density at radius 2 is 1.79 bits per heavy atom. The van der Waals surface area contributed by atoms with E-state index in [-0.39, 0.29) is 19.0 Å². The highest BCUT2D eigenvalue weighted by Crippen LogP contribution is 2.21. The predicted octanol–water partition coefficient (Wildman–Crippen LogP) is 3.85. The van der Waals surface area contributed by atoms with E-state index < -0.39 is 10.0 Å². The molecule has 1 aliphatic heterocycles. The monoisotopic (exact) mass is 484 g/mol. The van der Waals surface area contributed by atoms with E-state index in [1.165, 1.54) is 9.71 Å². The zero-order valence-corrected chi connectivity index (χ0v) is 19.8. The minimum Gasteiger partial charge on any atom is -0.336 e. The molecule has 1 saturated heterocycles. The summed E-state index contributed by atoms with van der Waals surface area (Å²) in [7, 11) is -3.56. The van der Waals surface area contributed by atoms with E-state index in [0.717, 1.165) is 16.9 Å². The molecule has 172 valence electrons. The number of hydrogen-bond acceptors (Lipinski definition) is 4. The third-order valence-corrected chi connectivity index (χ3v) is 7.40. The maximum atomic E-state index is 13.2. The molecule has 33 heavy (non-hydrogen) atoms. The van der Waals surface area contributed by atoms with Crippen LogP contribution in [0.3, 0.4) is 0 Å². The van der Waals surface area contributed by atoms with Gasteiger partial charge in [0.25, 0.3) is 5.91 Å². The normalized spacial score (nSPS) is 15.3. The van der Waals surface area contributed by atoms with Crippen molar-refractivity contribution in [3.8, 4) is 5.69 Å². The second kappa shape index (κ2) is 9.91. The summed E-state index contributed by atoms with van der Waals surface area (Å²) in [6.07, 6.45) is 3.78. The van der Waals surface area contributed by atoms with Crippen molar-refractivity contribution in [1.82, 2.24) is 19.0 Å². The molecule has 1 aromatic heterocycles. The first-order valence-corrected chi connectivity index (χ1v) is 12.6. The summed E-state index contributed by atoms with van der Waals surface area (Å²) in [6, 6.07) is 16.6. The lowest BCUT2D eigenvalue weighted by Crippen LogP contribution is -2.50. The average molecular weight is 485 g/mol. The van der Waals surface area contributed by atoms with Crippen LogP contribution in [0.1, 0.15) is 28.5 Å². The molecule has 3 aromatic rings. The van der Waals surface area contributed by atoms with Crippen molar-refractivity contribution < 1.29 is 13.2 Å². The number of hydrogen-bond donors (Lipinski definition) is 0. The molecule has 1 fully saturated rings. The molecule has 0 atom stereocenters. The zero-order valence-electron chi connectivity index (χ0n) is 18.3. The van der Waals surface area contributed by atoms with E-state index in [4.69, 9.17) is 11.6 Å². The Kier molecular flexibility index (Phi) is 6.97. The Balaban J connectivity index is 1.45. The maximum absolute atomic E-state index is 13.2. The molecule has 4 rings (SSSR count). The van der Waals surface area contributed by atoms with E-state index >= 15 is 0 Å². The number of halogens is 1. The summed E-state index contributed by atoms with van der Waals surface area (Å²) in [5, 5.41) is 6.24. The van der Waals surface area contributed by atoms with Gasteiger partial charge in [0.15, 0.2) is 0 Å². The predicted molar refractivity (Wildman–Crippen MR) is 130 cm³/mol. The molecule has 2 heterocycles. The van der Waals surface area contributed by atoms with Crippen molar-refractivity contribution in [1.29, 1.82) is 0 Å². The molecule has 0 aliphatic carbocycles. The fraction of sp³-hybridized carbons (Fsp3) is 0.250. The Morgan fingerprint density at radius 3 is 2.45 bits per heavy atom. The van der Waals surface area contributed by atoms with Gasteiger partial charge in [-0.1, -0.05) is 54.9 Å². The number of aromatic nitrogens is 2. The van der Waals surface area contributed by atoms with E-state index in [1.54, 1.807) is 34.0 Å². The fourth-order valence-corrected chi connectivity index (χ4v) is 5.21. The van der Waals surface area contributed by atoms with Crippen LogP contribution in [0.5, 0.6) is 0 Å². The van der Waals surface area contributed by atoms with Gasteiger partial charge in [0, 0.05) is 36.6 Å². The van der Waals surface area contributed by atoms with Crippen LogP contribution >= 0.6 is 11.6 Å². The number of benzene rings is 2. The van der Waals surface area contributed by atoms with Crippen LogP contribution in [-0.4, -0.2) is 59.5 Å². The molecule has 0 saturated carbocycles. The molecule has 0 N–H and O–H groups in total. The van der Waals surface area contributed by atoms with Crippen LogP contribution in [0.25, 0.3) is 11.8 Å². The van der Waals surface area contributed by atoms with Crippen LogP contribution in [0.15, 0.2) is 66.2 Å². The largest absolute Gasteiger partial charge is 0.336 e. The first kappa shape index (κ1) is 23.2. The van der Waals surface area contributed by atoms with Crippen LogP contribution < -0.4 is 0 Å². The topological polar surface area (TPSA) is 75.5 Å². The lowest BCUT2D eigenvalue weighted by molar-refractivity contribution is 0.0697. The van der Waals surface area contributed by atoms with Crippen molar-refractivity contribution in [3.63, 3.8) is 0 Å². The number of amides is 1. The van der Waals surface area contributed by atoms with E-state index in [1.807, 2.05) is 49.4 Å². The Labute approximate surface area is 198 Å². The van der Waals surface area contributed by atoms with E-state index in [9.17, 15) is 13.2 Å². The Hall–Kier alpha value is -2.94. The van der Waals surface area contributed by atoms with Gasteiger partial charge in [0.1, 0.15) is 0 Å². The number of nitrogens with zero attached hydrogens (tertiary/aromatic N) is 4. The molecular weight excluding hydrogens is 460 g/mol. The van der Waals surface area contributed by atoms with Crippen molar-refractivity contribution in [2.45, 2.75) is 13.3 Å². The quantitative estimate of drug-likeness (QED) is 0.532. The maximum Gasteiger partial charge on any atom is 0.257 e. The third kappa shape index (κ3) is 5.19. The van der Waals surface area contributed by atoms with Gasteiger partial charge in [-0.25, -0.2) is 13.1 Å². The lowest BCUT2D eigenvalue weighted by atomic mass is 10.1. The summed E-state index contributed by atoms with van der Waals surface area (Å²) >= 11 is 6.11. The number of rotatable bonds is 6. The Morgan fingerprint density at radius 1 is 1.06 bits per heavy atom. The molecule has 2 aromatic carbocycles. The van der Waals surface area contributed by atoms with Gasteiger partial charge in [-0.05, 0) is 36.3 Å². The highest BCUT2D eigenvalue weighted by Gasteiger charge is 2.29. The second-order valence-electron chi connectivity index (χ2n) is 7.70. The summed E-state index contributed by atoms with van der Waals surface area (Å²) < 4.78 is 28.5. The van der Waals surface area contributed by atoms with Gasteiger partial charge >= 0.3 is 0 Å². The van der Waals surface area contributed by atoms with Crippen LogP contribution in [-0.2, 0) is 16.4 Å². The molecule has 7 nitrogen and oxygen atoms in total. The van der Waals surface area contributed by atoms with Crippen molar-refractivity contribution in [2.24, 2.45) is 0 Å². The zero-order chi connectivity index (χ0) is 23.4. The summed E-state index contributed by atoms with van der Waals surface area (Å²) in [6.45, 7) is 3.11.